The predicted octanol–water partition coefficient (Wildman–Crippen LogP) is 2.99. The van der Waals surface area contributed by atoms with Gasteiger partial charge in [-0.25, -0.2) is 4.98 Å². The molecular weight excluding hydrogens is 273 g/mol. The summed E-state index contributed by atoms with van der Waals surface area (Å²) in [5, 5.41) is 14.6. The number of benzene rings is 1. The molecule has 0 amide bonds. The van der Waals surface area contributed by atoms with Gasteiger partial charge in [0, 0.05) is 13.2 Å². The molecule has 0 radical (unpaired) electrons. The van der Waals surface area contributed by atoms with Crippen LogP contribution in [-0.2, 0) is 6.18 Å². The minimum absolute atomic E-state index is 0.0520. The highest BCUT2D eigenvalue weighted by Gasteiger charge is 2.35. The maximum Gasteiger partial charge on any atom is 0.421 e. The Morgan fingerprint density at radius 3 is 2.50 bits per heavy atom. The molecular formula is C12H11F3N4O. The lowest BCUT2D eigenvalue weighted by molar-refractivity contribution is -0.137. The highest BCUT2D eigenvalue weighted by Crippen LogP contribution is 2.34. The summed E-state index contributed by atoms with van der Waals surface area (Å²) in [6.07, 6.45) is -3.85. The van der Waals surface area contributed by atoms with Gasteiger partial charge < -0.3 is 15.7 Å². The van der Waals surface area contributed by atoms with Gasteiger partial charge in [0.05, 0.1) is 5.69 Å². The second-order valence-electron chi connectivity index (χ2n) is 3.85. The van der Waals surface area contributed by atoms with Gasteiger partial charge in [0.1, 0.15) is 17.1 Å². The van der Waals surface area contributed by atoms with Gasteiger partial charge in [-0.3, -0.25) is 0 Å². The summed E-state index contributed by atoms with van der Waals surface area (Å²) < 4.78 is 38.0. The van der Waals surface area contributed by atoms with Crippen LogP contribution in [0.2, 0.25) is 0 Å². The highest BCUT2D eigenvalue weighted by atomic mass is 19.4. The van der Waals surface area contributed by atoms with Crippen molar-refractivity contribution < 1.29 is 18.3 Å². The zero-order valence-corrected chi connectivity index (χ0v) is 10.4. The number of aromatic hydroxyl groups is 1. The number of nitrogens with zero attached hydrogens (tertiary/aromatic N) is 2. The molecule has 0 aliphatic carbocycles. The number of anilines is 3. The van der Waals surface area contributed by atoms with E-state index in [4.69, 9.17) is 0 Å². The van der Waals surface area contributed by atoms with Crippen LogP contribution in [0, 0.1) is 0 Å². The fraction of sp³-hybridized carbons (Fsp3) is 0.167. The Morgan fingerprint density at radius 2 is 1.90 bits per heavy atom. The molecule has 0 unspecified atom stereocenters. The van der Waals surface area contributed by atoms with Gasteiger partial charge in [0.2, 0.25) is 5.95 Å². The predicted molar refractivity (Wildman–Crippen MR) is 68.0 cm³/mol. The first kappa shape index (κ1) is 13.9. The van der Waals surface area contributed by atoms with Crippen molar-refractivity contribution in [1.29, 1.82) is 0 Å². The Labute approximate surface area is 112 Å². The first-order valence-electron chi connectivity index (χ1n) is 5.59. The van der Waals surface area contributed by atoms with Crippen LogP contribution in [0.1, 0.15) is 5.56 Å². The number of halogens is 3. The zero-order chi connectivity index (χ0) is 14.8. The van der Waals surface area contributed by atoms with Crippen LogP contribution < -0.4 is 10.6 Å². The lowest BCUT2D eigenvalue weighted by Gasteiger charge is -2.13. The van der Waals surface area contributed by atoms with Gasteiger partial charge >= 0.3 is 6.18 Å². The van der Waals surface area contributed by atoms with Gasteiger partial charge in [0.25, 0.3) is 0 Å². The molecule has 1 aromatic heterocycles. The number of aromatic nitrogens is 2. The Kier molecular flexibility index (Phi) is 3.64. The van der Waals surface area contributed by atoms with Gasteiger partial charge in [-0.05, 0) is 12.1 Å². The lowest BCUT2D eigenvalue weighted by Crippen LogP contribution is -2.12. The number of rotatable bonds is 3. The molecule has 5 nitrogen and oxygen atoms in total. The SMILES string of the molecule is CNc1nc(Nc2ccccc2O)ncc1C(F)(F)F. The van der Waals surface area contributed by atoms with E-state index >= 15 is 0 Å². The molecule has 1 heterocycles. The summed E-state index contributed by atoms with van der Waals surface area (Å²) in [5.41, 5.74) is -0.655. The molecule has 106 valence electrons. The molecule has 3 N–H and O–H groups in total. The van der Waals surface area contributed by atoms with E-state index in [0.29, 0.717) is 11.9 Å². The second kappa shape index (κ2) is 5.24. The standard InChI is InChI=1S/C12H11F3N4O/c1-16-10-7(12(13,14)15)6-17-11(19-10)18-8-4-2-3-5-9(8)20/h2-6,20H,1H3,(H2,16,17,18,19). The molecule has 0 saturated heterocycles. The van der Waals surface area contributed by atoms with Gasteiger partial charge in [-0.1, -0.05) is 12.1 Å². The molecule has 0 bridgehead atoms. The molecule has 20 heavy (non-hydrogen) atoms. The Hall–Kier alpha value is -2.51. The fourth-order valence-corrected chi connectivity index (χ4v) is 1.54. The maximum atomic E-state index is 12.7. The monoisotopic (exact) mass is 284 g/mol. The van der Waals surface area contributed by atoms with Gasteiger partial charge in [0.15, 0.2) is 0 Å². The van der Waals surface area contributed by atoms with Crippen molar-refractivity contribution in [3.63, 3.8) is 0 Å². The van der Waals surface area contributed by atoms with E-state index in [1.807, 2.05) is 0 Å². The van der Waals surface area contributed by atoms with Crippen molar-refractivity contribution >= 4 is 17.5 Å². The van der Waals surface area contributed by atoms with Crippen molar-refractivity contribution in [3.05, 3.63) is 36.0 Å². The van der Waals surface area contributed by atoms with E-state index in [0.717, 1.165) is 0 Å². The van der Waals surface area contributed by atoms with Crippen molar-refractivity contribution in [2.24, 2.45) is 0 Å². The molecule has 8 heteroatoms. The topological polar surface area (TPSA) is 70.1 Å². The Morgan fingerprint density at radius 1 is 1.20 bits per heavy atom. The summed E-state index contributed by atoms with van der Waals surface area (Å²) >= 11 is 0. The van der Waals surface area contributed by atoms with Crippen molar-refractivity contribution in [2.75, 3.05) is 17.7 Å². The number of para-hydroxylation sites is 2. The fourth-order valence-electron chi connectivity index (χ4n) is 1.54. The molecule has 0 spiro atoms. The number of nitrogens with one attached hydrogen (secondary N) is 2. The zero-order valence-electron chi connectivity index (χ0n) is 10.4. The largest absolute Gasteiger partial charge is 0.506 e. The molecule has 0 aliphatic heterocycles. The quantitative estimate of drug-likeness (QED) is 0.756. The van der Waals surface area contributed by atoms with Crippen LogP contribution in [0.15, 0.2) is 30.5 Å². The van der Waals surface area contributed by atoms with E-state index in [-0.39, 0.29) is 17.5 Å². The maximum absolute atomic E-state index is 12.7. The van der Waals surface area contributed by atoms with Crippen LogP contribution >= 0.6 is 0 Å². The van der Waals surface area contributed by atoms with Crippen molar-refractivity contribution in [2.45, 2.75) is 6.18 Å². The van der Waals surface area contributed by atoms with Crippen LogP contribution in [0.3, 0.4) is 0 Å². The van der Waals surface area contributed by atoms with E-state index in [1.165, 1.54) is 13.1 Å². The number of phenolic OH excluding ortho intramolecular Hbond substituents is 1. The molecule has 1 aromatic carbocycles. The minimum Gasteiger partial charge on any atom is -0.506 e. The smallest absolute Gasteiger partial charge is 0.421 e. The minimum atomic E-state index is -4.54. The molecule has 0 aliphatic rings. The summed E-state index contributed by atoms with van der Waals surface area (Å²) in [5.74, 6) is -0.448. The van der Waals surface area contributed by atoms with Gasteiger partial charge in [-0.15, -0.1) is 0 Å². The van der Waals surface area contributed by atoms with Crippen LogP contribution in [-0.4, -0.2) is 22.1 Å². The number of phenols is 1. The third kappa shape index (κ3) is 2.90. The molecule has 2 rings (SSSR count). The van der Waals surface area contributed by atoms with E-state index in [9.17, 15) is 18.3 Å². The average Bonchev–Trinajstić information content (AvgIpc) is 2.40. The molecule has 0 atom stereocenters. The number of hydrogen-bond donors (Lipinski definition) is 3. The summed E-state index contributed by atoms with van der Waals surface area (Å²) in [6, 6.07) is 6.26. The van der Waals surface area contributed by atoms with Crippen LogP contribution in [0.25, 0.3) is 0 Å². The summed E-state index contributed by atoms with van der Waals surface area (Å²) in [6.45, 7) is 0. The number of alkyl halides is 3. The average molecular weight is 284 g/mol. The lowest BCUT2D eigenvalue weighted by atomic mass is 10.3. The third-order valence-electron chi connectivity index (χ3n) is 2.48. The normalized spacial score (nSPS) is 11.2. The van der Waals surface area contributed by atoms with Crippen molar-refractivity contribution in [1.82, 2.24) is 9.97 Å². The van der Waals surface area contributed by atoms with E-state index < -0.39 is 11.7 Å². The molecule has 0 fully saturated rings. The van der Waals surface area contributed by atoms with Crippen molar-refractivity contribution in [3.8, 4) is 5.75 Å². The third-order valence-corrected chi connectivity index (χ3v) is 2.48. The van der Waals surface area contributed by atoms with Crippen LogP contribution in [0.5, 0.6) is 5.75 Å². The van der Waals surface area contributed by atoms with Crippen LogP contribution in [0.4, 0.5) is 30.6 Å². The Balaban J connectivity index is 2.33. The number of hydrogen-bond acceptors (Lipinski definition) is 5. The first-order chi connectivity index (χ1) is 9.41. The summed E-state index contributed by atoms with van der Waals surface area (Å²) in [7, 11) is 1.33. The molecule has 0 saturated carbocycles. The Bertz CT molecular complexity index is 616. The van der Waals surface area contributed by atoms with E-state index in [2.05, 4.69) is 20.6 Å². The van der Waals surface area contributed by atoms with Gasteiger partial charge in [-0.2, -0.15) is 18.2 Å². The summed E-state index contributed by atoms with van der Waals surface area (Å²) in [4.78, 5) is 7.33. The second-order valence-corrected chi connectivity index (χ2v) is 3.85. The van der Waals surface area contributed by atoms with E-state index in [1.54, 1.807) is 18.2 Å². The molecule has 2 aromatic rings. The highest BCUT2D eigenvalue weighted by molar-refractivity contribution is 5.62. The first-order valence-corrected chi connectivity index (χ1v) is 5.59.